The molecule has 1 unspecified atom stereocenters. The minimum atomic E-state index is 0.184. The smallest absolute Gasteiger partial charge is 0.0738 e. The van der Waals surface area contributed by atoms with E-state index in [0.717, 1.165) is 29.7 Å². The van der Waals surface area contributed by atoms with Gasteiger partial charge in [0.25, 0.3) is 0 Å². The van der Waals surface area contributed by atoms with Crippen LogP contribution in [0.4, 0.5) is 0 Å². The Hall–Kier alpha value is -0.390. The highest BCUT2D eigenvalue weighted by molar-refractivity contribution is 9.10. The summed E-state index contributed by atoms with van der Waals surface area (Å²) in [6.07, 6.45) is 2.88. The van der Waals surface area contributed by atoms with Gasteiger partial charge in [-0.25, -0.2) is 0 Å². The average molecular weight is 290 g/mol. The van der Waals surface area contributed by atoms with E-state index in [1.165, 1.54) is 0 Å². The summed E-state index contributed by atoms with van der Waals surface area (Å²) in [5.74, 6) is 0. The molecule has 1 atom stereocenters. The second kappa shape index (κ2) is 7.04. The lowest BCUT2D eigenvalue weighted by Gasteiger charge is -2.18. The summed E-state index contributed by atoms with van der Waals surface area (Å²) in [6, 6.07) is 0.184. The van der Waals surface area contributed by atoms with E-state index in [-0.39, 0.29) is 6.04 Å². The second-order valence-electron chi connectivity index (χ2n) is 3.61. The molecule has 1 aromatic rings. The summed E-state index contributed by atoms with van der Waals surface area (Å²) in [7, 11) is 1.94. The molecule has 1 aromatic heterocycles. The Morgan fingerprint density at radius 2 is 2.31 bits per heavy atom. The summed E-state index contributed by atoms with van der Waals surface area (Å²) in [4.78, 5) is 0. The lowest BCUT2D eigenvalue weighted by Crippen LogP contribution is -2.25. The number of likely N-dealkylation sites (N-methyl/N-ethyl adjacent to an activating group) is 1. The Balaban J connectivity index is 2.73. The molecule has 5 heteroatoms. The first-order valence-electron chi connectivity index (χ1n) is 5.70. The number of aromatic nitrogens is 2. The Bertz CT molecular complexity index is 314. The fourth-order valence-electron chi connectivity index (χ4n) is 1.61. The van der Waals surface area contributed by atoms with Crippen LogP contribution in [0.2, 0.25) is 0 Å². The van der Waals surface area contributed by atoms with Crippen molar-refractivity contribution in [3.8, 4) is 0 Å². The van der Waals surface area contributed by atoms with Crippen molar-refractivity contribution in [1.82, 2.24) is 15.1 Å². The normalized spacial score (nSPS) is 13.0. The van der Waals surface area contributed by atoms with Gasteiger partial charge in [-0.05, 0) is 36.3 Å². The Labute approximate surface area is 105 Å². The number of ether oxygens (including phenoxy) is 1. The predicted molar refractivity (Wildman–Crippen MR) is 68.5 cm³/mol. The molecule has 0 saturated carbocycles. The van der Waals surface area contributed by atoms with Crippen molar-refractivity contribution in [2.24, 2.45) is 0 Å². The van der Waals surface area contributed by atoms with Crippen LogP contribution in [0, 0.1) is 0 Å². The number of halogens is 1. The highest BCUT2D eigenvalue weighted by Gasteiger charge is 2.18. The van der Waals surface area contributed by atoms with E-state index in [9.17, 15) is 0 Å². The topological polar surface area (TPSA) is 39.1 Å². The van der Waals surface area contributed by atoms with Gasteiger partial charge in [0.2, 0.25) is 0 Å². The van der Waals surface area contributed by atoms with Crippen molar-refractivity contribution in [2.75, 3.05) is 20.3 Å². The van der Waals surface area contributed by atoms with Crippen LogP contribution in [-0.4, -0.2) is 30.0 Å². The third kappa shape index (κ3) is 3.30. The Morgan fingerprint density at radius 3 is 2.88 bits per heavy atom. The minimum absolute atomic E-state index is 0.184. The van der Waals surface area contributed by atoms with Crippen molar-refractivity contribution in [3.05, 3.63) is 16.4 Å². The SMILES string of the molecule is CCCOCC(NC)c1c(Br)cnn1CC. The molecule has 1 rings (SSSR count). The fourth-order valence-corrected chi connectivity index (χ4v) is 2.19. The minimum Gasteiger partial charge on any atom is -0.379 e. The number of rotatable bonds is 7. The summed E-state index contributed by atoms with van der Waals surface area (Å²) in [5.41, 5.74) is 1.15. The molecule has 92 valence electrons. The highest BCUT2D eigenvalue weighted by Crippen LogP contribution is 2.23. The standard InChI is InChI=1S/C11H20BrN3O/c1-4-6-16-8-10(13-3)11-9(12)7-14-15(11)5-2/h7,10,13H,4-6,8H2,1-3H3. The van der Waals surface area contributed by atoms with E-state index >= 15 is 0 Å². The van der Waals surface area contributed by atoms with Crippen LogP contribution in [0.1, 0.15) is 32.0 Å². The van der Waals surface area contributed by atoms with E-state index in [1.807, 2.05) is 17.9 Å². The maximum atomic E-state index is 5.59. The first-order chi connectivity index (χ1) is 7.74. The molecule has 0 radical (unpaired) electrons. The van der Waals surface area contributed by atoms with Crippen LogP contribution in [-0.2, 0) is 11.3 Å². The van der Waals surface area contributed by atoms with Gasteiger partial charge in [0, 0.05) is 13.2 Å². The number of hydrogen-bond acceptors (Lipinski definition) is 3. The zero-order valence-corrected chi connectivity index (χ0v) is 11.7. The maximum Gasteiger partial charge on any atom is 0.0738 e. The Kier molecular flexibility index (Phi) is 6.01. The first-order valence-corrected chi connectivity index (χ1v) is 6.50. The van der Waals surface area contributed by atoms with E-state index < -0.39 is 0 Å². The third-order valence-corrected chi connectivity index (χ3v) is 3.06. The Morgan fingerprint density at radius 1 is 1.56 bits per heavy atom. The maximum absolute atomic E-state index is 5.59. The molecule has 0 amide bonds. The molecule has 16 heavy (non-hydrogen) atoms. The fraction of sp³-hybridized carbons (Fsp3) is 0.727. The van der Waals surface area contributed by atoms with Crippen LogP contribution >= 0.6 is 15.9 Å². The van der Waals surface area contributed by atoms with Crippen LogP contribution in [0.3, 0.4) is 0 Å². The molecule has 0 bridgehead atoms. The predicted octanol–water partition coefficient (Wildman–Crippen LogP) is 2.35. The van der Waals surface area contributed by atoms with E-state index in [4.69, 9.17) is 4.74 Å². The lowest BCUT2D eigenvalue weighted by molar-refractivity contribution is 0.111. The molecule has 0 aliphatic rings. The zero-order valence-electron chi connectivity index (χ0n) is 10.2. The van der Waals surface area contributed by atoms with Crippen LogP contribution in [0.15, 0.2) is 10.7 Å². The van der Waals surface area contributed by atoms with E-state index in [1.54, 1.807) is 0 Å². The van der Waals surface area contributed by atoms with Gasteiger partial charge in [-0.1, -0.05) is 6.92 Å². The van der Waals surface area contributed by atoms with Gasteiger partial charge in [0.15, 0.2) is 0 Å². The summed E-state index contributed by atoms with van der Waals surface area (Å²) < 4.78 is 8.61. The molecule has 1 heterocycles. The van der Waals surface area contributed by atoms with Gasteiger partial charge in [0.05, 0.1) is 29.0 Å². The average Bonchev–Trinajstić information content (AvgIpc) is 2.66. The summed E-state index contributed by atoms with van der Waals surface area (Å²) in [5, 5.41) is 7.57. The number of nitrogens with zero attached hydrogens (tertiary/aromatic N) is 2. The van der Waals surface area contributed by atoms with Gasteiger partial charge in [-0.2, -0.15) is 5.10 Å². The molecular formula is C11H20BrN3O. The molecule has 0 aliphatic heterocycles. The number of aryl methyl sites for hydroxylation is 1. The van der Waals surface area contributed by atoms with E-state index in [0.29, 0.717) is 6.61 Å². The molecule has 0 saturated heterocycles. The van der Waals surface area contributed by atoms with Crippen molar-refractivity contribution >= 4 is 15.9 Å². The van der Waals surface area contributed by atoms with Gasteiger partial charge in [-0.3, -0.25) is 4.68 Å². The molecule has 4 nitrogen and oxygen atoms in total. The third-order valence-electron chi connectivity index (χ3n) is 2.44. The van der Waals surface area contributed by atoms with Crippen LogP contribution < -0.4 is 5.32 Å². The second-order valence-corrected chi connectivity index (χ2v) is 4.46. The number of nitrogens with one attached hydrogen (secondary N) is 1. The van der Waals surface area contributed by atoms with E-state index in [2.05, 4.69) is 40.2 Å². The van der Waals surface area contributed by atoms with Crippen LogP contribution in [0.25, 0.3) is 0 Å². The van der Waals surface area contributed by atoms with Gasteiger partial charge in [-0.15, -0.1) is 0 Å². The summed E-state index contributed by atoms with van der Waals surface area (Å²) in [6.45, 7) is 6.54. The number of hydrogen-bond donors (Lipinski definition) is 1. The van der Waals surface area contributed by atoms with Crippen molar-refractivity contribution in [1.29, 1.82) is 0 Å². The lowest BCUT2D eigenvalue weighted by atomic mass is 10.2. The highest BCUT2D eigenvalue weighted by atomic mass is 79.9. The largest absolute Gasteiger partial charge is 0.379 e. The zero-order chi connectivity index (χ0) is 12.0. The van der Waals surface area contributed by atoms with Gasteiger partial charge < -0.3 is 10.1 Å². The summed E-state index contributed by atoms with van der Waals surface area (Å²) >= 11 is 3.53. The molecule has 1 N–H and O–H groups in total. The van der Waals surface area contributed by atoms with Gasteiger partial charge in [0.1, 0.15) is 0 Å². The molecule has 0 aromatic carbocycles. The van der Waals surface area contributed by atoms with Crippen molar-refractivity contribution in [2.45, 2.75) is 32.9 Å². The van der Waals surface area contributed by atoms with Crippen LogP contribution in [0.5, 0.6) is 0 Å². The molecule has 0 spiro atoms. The molecule has 0 aliphatic carbocycles. The first kappa shape index (κ1) is 13.7. The molecular weight excluding hydrogens is 270 g/mol. The van der Waals surface area contributed by atoms with Crippen molar-refractivity contribution in [3.63, 3.8) is 0 Å². The monoisotopic (exact) mass is 289 g/mol. The molecule has 0 fully saturated rings. The van der Waals surface area contributed by atoms with Crippen molar-refractivity contribution < 1.29 is 4.74 Å². The van der Waals surface area contributed by atoms with Gasteiger partial charge >= 0.3 is 0 Å². The quantitative estimate of drug-likeness (QED) is 0.784.